The molecule has 0 saturated carbocycles. The third kappa shape index (κ3) is 4.18. The summed E-state index contributed by atoms with van der Waals surface area (Å²) < 4.78 is 13.4. The van der Waals surface area contributed by atoms with Crippen LogP contribution in [-0.2, 0) is 0 Å². The zero-order valence-electron chi connectivity index (χ0n) is 11.8. The Morgan fingerprint density at radius 2 is 1.71 bits per heavy atom. The number of hydrogen-bond acceptors (Lipinski definition) is 0. The van der Waals surface area contributed by atoms with Crippen LogP contribution in [0.5, 0.6) is 0 Å². The highest BCUT2D eigenvalue weighted by atomic mass is 19.1. The lowest BCUT2D eigenvalue weighted by Gasteiger charge is -2.01. The van der Waals surface area contributed by atoms with Gasteiger partial charge >= 0.3 is 0 Å². The SMILES string of the molecule is C=C(C)/C=c1/ccc(F)c(C)c1=C(C)C.CC. The molecule has 0 N–H and O–H groups in total. The van der Waals surface area contributed by atoms with Crippen molar-refractivity contribution in [3.8, 4) is 0 Å². The van der Waals surface area contributed by atoms with Gasteiger partial charge in [0.05, 0.1) is 0 Å². The van der Waals surface area contributed by atoms with E-state index in [1.807, 2.05) is 47.6 Å². The Hall–Kier alpha value is -1.37. The summed E-state index contributed by atoms with van der Waals surface area (Å²) >= 11 is 0. The van der Waals surface area contributed by atoms with Gasteiger partial charge in [-0.1, -0.05) is 43.7 Å². The first-order chi connectivity index (χ1) is 7.93. The van der Waals surface area contributed by atoms with Crippen molar-refractivity contribution in [3.63, 3.8) is 0 Å². The molecule has 1 rings (SSSR count). The summed E-state index contributed by atoms with van der Waals surface area (Å²) in [7, 11) is 0. The van der Waals surface area contributed by atoms with Gasteiger partial charge in [-0.2, -0.15) is 0 Å². The first-order valence-electron chi connectivity index (χ1n) is 6.03. The van der Waals surface area contributed by atoms with E-state index in [1.165, 1.54) is 6.07 Å². The first-order valence-corrected chi connectivity index (χ1v) is 6.03. The Kier molecular flexibility index (Phi) is 6.48. The second-order valence-corrected chi connectivity index (χ2v) is 4.13. The molecule has 94 valence electrons. The maximum absolute atomic E-state index is 13.4. The van der Waals surface area contributed by atoms with Crippen molar-refractivity contribution in [2.45, 2.75) is 41.5 Å². The van der Waals surface area contributed by atoms with Crippen molar-refractivity contribution in [1.29, 1.82) is 0 Å². The average Bonchev–Trinajstić information content (AvgIpc) is 2.25. The van der Waals surface area contributed by atoms with Gasteiger partial charge in [-0.25, -0.2) is 4.39 Å². The second kappa shape index (κ2) is 7.05. The Morgan fingerprint density at radius 3 is 2.12 bits per heavy atom. The number of rotatable bonds is 1. The summed E-state index contributed by atoms with van der Waals surface area (Å²) in [6.45, 7) is 15.6. The molecule has 0 saturated heterocycles. The lowest BCUT2D eigenvalue weighted by Crippen LogP contribution is -2.30. The van der Waals surface area contributed by atoms with Crippen molar-refractivity contribution >= 4 is 11.6 Å². The molecule has 0 atom stereocenters. The Balaban J connectivity index is 0.00000121. The maximum atomic E-state index is 13.4. The van der Waals surface area contributed by atoms with Crippen LogP contribution in [0.3, 0.4) is 0 Å². The highest BCUT2D eigenvalue weighted by molar-refractivity contribution is 5.50. The van der Waals surface area contributed by atoms with Gasteiger partial charge in [-0.3, -0.25) is 0 Å². The van der Waals surface area contributed by atoms with Crippen LogP contribution in [-0.4, -0.2) is 0 Å². The van der Waals surface area contributed by atoms with Crippen molar-refractivity contribution < 1.29 is 4.39 Å². The molecule has 0 fully saturated rings. The van der Waals surface area contributed by atoms with Crippen molar-refractivity contribution in [3.05, 3.63) is 46.1 Å². The minimum absolute atomic E-state index is 0.148. The largest absolute Gasteiger partial charge is 0.207 e. The van der Waals surface area contributed by atoms with E-state index in [0.717, 1.165) is 21.6 Å². The summed E-state index contributed by atoms with van der Waals surface area (Å²) in [5, 5.41) is 2.04. The lowest BCUT2D eigenvalue weighted by molar-refractivity contribution is 0.616. The molecular weight excluding hydrogens is 211 g/mol. The fraction of sp³-hybridized carbons (Fsp3) is 0.375. The summed E-state index contributed by atoms with van der Waals surface area (Å²) in [5.41, 5.74) is 2.81. The van der Waals surface area contributed by atoms with Crippen LogP contribution in [0.25, 0.3) is 11.6 Å². The monoisotopic (exact) mass is 234 g/mol. The van der Waals surface area contributed by atoms with E-state index in [1.54, 1.807) is 6.07 Å². The van der Waals surface area contributed by atoms with E-state index in [4.69, 9.17) is 0 Å². The van der Waals surface area contributed by atoms with Crippen molar-refractivity contribution in [2.24, 2.45) is 0 Å². The predicted octanol–water partition coefficient (Wildman–Crippen LogP) is 3.71. The number of hydrogen-bond donors (Lipinski definition) is 0. The molecular formula is C16H23F. The molecule has 1 heteroatoms. The van der Waals surface area contributed by atoms with Gasteiger partial charge < -0.3 is 0 Å². The second-order valence-electron chi connectivity index (χ2n) is 4.13. The van der Waals surface area contributed by atoms with Gasteiger partial charge in [0.25, 0.3) is 0 Å². The highest BCUT2D eigenvalue weighted by Crippen LogP contribution is 1.99. The standard InChI is InChI=1S/C14H17F.C2H6/c1-9(2)8-12-6-7-13(15)11(5)14(12)10(3)4;1-2/h6-8H,1H2,2-5H3;1-2H3/b12-8-;. The number of benzene rings is 1. The fourth-order valence-corrected chi connectivity index (χ4v) is 1.76. The van der Waals surface area contributed by atoms with E-state index < -0.39 is 0 Å². The van der Waals surface area contributed by atoms with Crippen LogP contribution >= 0.6 is 0 Å². The van der Waals surface area contributed by atoms with E-state index in [9.17, 15) is 4.39 Å². The molecule has 1 aromatic rings. The third-order valence-corrected chi connectivity index (χ3v) is 2.33. The molecule has 1 aromatic carbocycles. The summed E-state index contributed by atoms with van der Waals surface area (Å²) in [5.74, 6) is -0.148. The predicted molar refractivity (Wildman–Crippen MR) is 75.8 cm³/mol. The van der Waals surface area contributed by atoms with E-state index in [0.29, 0.717) is 5.56 Å². The number of halogens is 1. The Labute approximate surface area is 104 Å². The normalized spacial score (nSPS) is 10.6. The van der Waals surface area contributed by atoms with Crippen LogP contribution < -0.4 is 10.4 Å². The van der Waals surface area contributed by atoms with Gasteiger partial charge in [0.15, 0.2) is 0 Å². The van der Waals surface area contributed by atoms with E-state index >= 15 is 0 Å². The van der Waals surface area contributed by atoms with Gasteiger partial charge in [0, 0.05) is 0 Å². The van der Waals surface area contributed by atoms with Gasteiger partial charge in [0.1, 0.15) is 5.82 Å². The molecule has 0 aliphatic heterocycles. The highest BCUT2D eigenvalue weighted by Gasteiger charge is 2.00. The van der Waals surface area contributed by atoms with Gasteiger partial charge in [0.2, 0.25) is 0 Å². The zero-order valence-corrected chi connectivity index (χ0v) is 11.8. The molecule has 0 nitrogen and oxygen atoms in total. The van der Waals surface area contributed by atoms with Crippen LogP contribution in [0, 0.1) is 12.7 Å². The molecule has 0 bridgehead atoms. The smallest absolute Gasteiger partial charge is 0.126 e. The quantitative estimate of drug-likeness (QED) is 0.695. The Morgan fingerprint density at radius 1 is 1.18 bits per heavy atom. The zero-order chi connectivity index (χ0) is 13.6. The topological polar surface area (TPSA) is 0 Å². The Bertz CT molecular complexity index is 503. The minimum atomic E-state index is -0.148. The van der Waals surface area contributed by atoms with Gasteiger partial charge in [-0.15, -0.1) is 0 Å². The molecule has 0 amide bonds. The molecule has 17 heavy (non-hydrogen) atoms. The van der Waals surface area contributed by atoms with Crippen LogP contribution in [0.4, 0.5) is 4.39 Å². The van der Waals surface area contributed by atoms with Crippen LogP contribution in [0.15, 0.2) is 24.3 Å². The molecule has 0 radical (unpaired) electrons. The fourth-order valence-electron chi connectivity index (χ4n) is 1.76. The molecule has 0 aliphatic rings. The molecule has 0 aliphatic carbocycles. The lowest BCUT2D eigenvalue weighted by atomic mass is 10.1. The van der Waals surface area contributed by atoms with Crippen molar-refractivity contribution in [2.75, 3.05) is 0 Å². The summed E-state index contributed by atoms with van der Waals surface area (Å²) in [4.78, 5) is 0. The molecule has 0 unspecified atom stereocenters. The van der Waals surface area contributed by atoms with Crippen LogP contribution in [0.1, 0.15) is 40.2 Å². The maximum Gasteiger partial charge on any atom is 0.126 e. The summed E-state index contributed by atoms with van der Waals surface area (Å²) in [6, 6.07) is 3.32. The first kappa shape index (κ1) is 15.6. The van der Waals surface area contributed by atoms with Crippen LogP contribution in [0.2, 0.25) is 0 Å². The van der Waals surface area contributed by atoms with E-state index in [-0.39, 0.29) is 5.82 Å². The van der Waals surface area contributed by atoms with Crippen molar-refractivity contribution in [1.82, 2.24) is 0 Å². The van der Waals surface area contributed by atoms with E-state index in [2.05, 4.69) is 6.58 Å². The van der Waals surface area contributed by atoms with Gasteiger partial charge in [-0.05, 0) is 49.8 Å². The summed E-state index contributed by atoms with van der Waals surface area (Å²) in [6.07, 6.45) is 1.98. The minimum Gasteiger partial charge on any atom is -0.207 e. The average molecular weight is 234 g/mol. The molecule has 0 heterocycles. The molecule has 0 aromatic heterocycles. The number of allylic oxidation sites excluding steroid dienone is 1. The third-order valence-electron chi connectivity index (χ3n) is 2.33. The molecule has 0 spiro atoms.